The summed E-state index contributed by atoms with van der Waals surface area (Å²) in [6, 6.07) is 14.2. The minimum atomic E-state index is -2.56. The Kier molecular flexibility index (Phi) is 14.3. The molecule has 1 aromatic heterocycles. The fourth-order valence-electron chi connectivity index (χ4n) is 9.39. The van der Waals surface area contributed by atoms with Crippen molar-refractivity contribution in [1.29, 1.82) is 0 Å². The van der Waals surface area contributed by atoms with Crippen LogP contribution in [0.1, 0.15) is 66.9 Å². The largest absolute Gasteiger partial charge is 0.494 e. The third-order valence-corrected chi connectivity index (χ3v) is 14.8. The topological polar surface area (TPSA) is 162 Å². The van der Waals surface area contributed by atoms with E-state index < -0.39 is 30.8 Å². The van der Waals surface area contributed by atoms with Gasteiger partial charge in [-0.2, -0.15) is 4.98 Å². The van der Waals surface area contributed by atoms with Crippen molar-refractivity contribution in [3.05, 3.63) is 82.3 Å². The summed E-state index contributed by atoms with van der Waals surface area (Å²) in [4.78, 5) is 55.1. The number of nitrogens with zero attached hydrogens (tertiary/aromatic N) is 6. The Balaban J connectivity index is 0.784. The molecule has 346 valence electrons. The summed E-state index contributed by atoms with van der Waals surface area (Å²) in [7, 11) is -0.897. The van der Waals surface area contributed by atoms with E-state index in [1.165, 1.54) is 22.2 Å². The molecular formula is C47H58ClFN9O6P. The molecule has 5 heterocycles. The Morgan fingerprint density at radius 2 is 1.71 bits per heavy atom. The number of aryl methyl sites for hydroxylation is 1. The van der Waals surface area contributed by atoms with E-state index in [2.05, 4.69) is 59.7 Å². The van der Waals surface area contributed by atoms with Gasteiger partial charge in [-0.3, -0.25) is 24.6 Å². The van der Waals surface area contributed by atoms with E-state index in [1.807, 2.05) is 24.3 Å². The number of halogens is 2. The number of hydrogen-bond acceptors (Lipinski definition) is 13. The van der Waals surface area contributed by atoms with Crippen molar-refractivity contribution in [2.45, 2.75) is 70.5 Å². The molecule has 4 aromatic rings. The van der Waals surface area contributed by atoms with Crippen molar-refractivity contribution in [1.82, 2.24) is 30.0 Å². The van der Waals surface area contributed by atoms with Crippen LogP contribution >= 0.6 is 18.7 Å². The third kappa shape index (κ3) is 10.6. The standard InChI is InChI=1S/C47H58ClFN9O6P/c1-5-30-24-37(52-47-50-28-34(48)44(54-47)51-36-10-6-7-11-42(36)65(3,4)62)41(63-2)27-39(30)57-17-14-32(15-18-57)56-21-19-55(20-22-56)16-8-9-23-64-40-25-31-29-58(46(61)33(31)26-35(40)49)38-12-13-43(59)53-45(38)60/h6-7,10-11,24-28,32,38H,5,8-9,12-23,29H2,1-4H3,(H,53,59,60)(H2,50,51,52,54). The quantitative estimate of drug-likeness (QED) is 0.0614. The number of piperazine rings is 1. The van der Waals surface area contributed by atoms with Gasteiger partial charge in [0.2, 0.25) is 17.8 Å². The van der Waals surface area contributed by atoms with E-state index >= 15 is 4.39 Å². The molecule has 3 saturated heterocycles. The van der Waals surface area contributed by atoms with Gasteiger partial charge in [-0.05, 0) is 99.9 Å². The van der Waals surface area contributed by atoms with E-state index in [-0.39, 0.29) is 36.6 Å². The number of unbranched alkanes of at least 4 members (excludes halogenated alkanes) is 1. The van der Waals surface area contributed by atoms with Gasteiger partial charge in [0.25, 0.3) is 5.91 Å². The third-order valence-electron chi connectivity index (χ3n) is 12.9. The Labute approximate surface area is 384 Å². The fourth-order valence-corrected chi connectivity index (χ4v) is 10.7. The van der Waals surface area contributed by atoms with Gasteiger partial charge >= 0.3 is 0 Å². The van der Waals surface area contributed by atoms with Crippen LogP contribution in [-0.2, 0) is 27.1 Å². The van der Waals surface area contributed by atoms with E-state index in [0.717, 1.165) is 83.6 Å². The summed E-state index contributed by atoms with van der Waals surface area (Å²) < 4.78 is 39.7. The Morgan fingerprint density at radius 1 is 0.938 bits per heavy atom. The molecule has 1 atom stereocenters. The van der Waals surface area contributed by atoms with Gasteiger partial charge in [0.1, 0.15) is 24.0 Å². The lowest BCUT2D eigenvalue weighted by Crippen LogP contribution is -2.53. The fraction of sp³-hybridized carbons (Fsp3) is 0.468. The summed E-state index contributed by atoms with van der Waals surface area (Å²) in [5.74, 6) is -0.299. The molecule has 3 amide bonds. The van der Waals surface area contributed by atoms with Crippen molar-refractivity contribution in [2.75, 3.05) is 88.4 Å². The molecule has 15 nitrogen and oxygen atoms in total. The van der Waals surface area contributed by atoms with Crippen LogP contribution in [0.4, 0.5) is 33.2 Å². The maximum atomic E-state index is 15.0. The van der Waals surface area contributed by atoms with Gasteiger partial charge in [0, 0.05) is 80.9 Å². The predicted octanol–water partition coefficient (Wildman–Crippen LogP) is 6.78. The average Bonchev–Trinajstić information content (AvgIpc) is 3.60. The van der Waals surface area contributed by atoms with Gasteiger partial charge in [-0.1, -0.05) is 30.7 Å². The first-order valence-corrected chi connectivity index (χ1v) is 25.5. The average molecular weight is 930 g/mol. The molecule has 0 spiro atoms. The van der Waals surface area contributed by atoms with Crippen LogP contribution in [0, 0.1) is 5.82 Å². The second kappa shape index (κ2) is 20.1. The van der Waals surface area contributed by atoms with E-state index in [1.54, 1.807) is 32.7 Å². The Morgan fingerprint density at radius 3 is 2.43 bits per heavy atom. The van der Waals surface area contributed by atoms with Crippen LogP contribution in [0.15, 0.2) is 54.7 Å². The number of fused-ring (bicyclic) bond motifs is 1. The number of anilines is 5. The number of amides is 3. The molecular weight excluding hydrogens is 872 g/mol. The number of nitrogens with one attached hydrogen (secondary N) is 3. The normalized spacial score (nSPS) is 18.7. The molecule has 65 heavy (non-hydrogen) atoms. The lowest BCUT2D eigenvalue weighted by atomic mass is 9.99. The van der Waals surface area contributed by atoms with Crippen LogP contribution in [0.2, 0.25) is 5.02 Å². The number of benzene rings is 3. The summed E-state index contributed by atoms with van der Waals surface area (Å²) in [6.07, 6.45) is 6.64. The number of imide groups is 1. The Hall–Kier alpha value is -5.28. The monoisotopic (exact) mass is 929 g/mol. The number of carbonyl (C=O) groups is 3. The molecule has 3 aromatic carbocycles. The summed E-state index contributed by atoms with van der Waals surface area (Å²) in [6.45, 7) is 13.1. The van der Waals surface area contributed by atoms with Crippen LogP contribution in [0.3, 0.4) is 0 Å². The van der Waals surface area contributed by atoms with Crippen LogP contribution in [0.25, 0.3) is 0 Å². The predicted molar refractivity (Wildman–Crippen MR) is 252 cm³/mol. The SMILES string of the molecule is CCc1cc(Nc2ncc(Cl)c(Nc3ccccc3P(C)(C)=O)n2)c(OC)cc1N1CCC(N2CCN(CCCCOc3cc4c(cc3F)C(=O)N(C3CCC(=O)NC3=O)C4)CC2)CC1. The highest BCUT2D eigenvalue weighted by molar-refractivity contribution is 7.70. The summed E-state index contributed by atoms with van der Waals surface area (Å²) in [5.41, 5.74) is 4.66. The van der Waals surface area contributed by atoms with Crippen LogP contribution in [-0.4, -0.2) is 127 Å². The van der Waals surface area contributed by atoms with Gasteiger partial charge in [0.15, 0.2) is 17.4 Å². The number of hydrogen-bond donors (Lipinski definition) is 3. The molecule has 3 N–H and O–H groups in total. The molecule has 4 aliphatic heterocycles. The molecule has 0 radical (unpaired) electrons. The van der Waals surface area contributed by atoms with E-state index in [9.17, 15) is 18.9 Å². The zero-order valence-corrected chi connectivity index (χ0v) is 39.2. The second-order valence-electron chi connectivity index (χ2n) is 17.5. The number of rotatable bonds is 16. The van der Waals surface area contributed by atoms with Crippen molar-refractivity contribution in [3.8, 4) is 11.5 Å². The minimum Gasteiger partial charge on any atom is -0.494 e. The highest BCUT2D eigenvalue weighted by Gasteiger charge is 2.40. The number of ether oxygens (including phenoxy) is 2. The highest BCUT2D eigenvalue weighted by Crippen LogP contribution is 2.40. The van der Waals surface area contributed by atoms with Gasteiger partial charge in [-0.25, -0.2) is 9.37 Å². The lowest BCUT2D eigenvalue weighted by molar-refractivity contribution is -0.136. The van der Waals surface area contributed by atoms with Gasteiger partial charge < -0.3 is 39.4 Å². The number of para-hydroxylation sites is 1. The summed E-state index contributed by atoms with van der Waals surface area (Å²) in [5, 5.41) is 9.96. The zero-order valence-electron chi connectivity index (χ0n) is 37.5. The number of carbonyl (C=O) groups excluding carboxylic acids is 3. The minimum absolute atomic E-state index is 0.110. The van der Waals surface area contributed by atoms with Crippen LogP contribution in [0.5, 0.6) is 11.5 Å². The first kappa shape index (κ1) is 46.3. The molecule has 0 bridgehead atoms. The first-order valence-electron chi connectivity index (χ1n) is 22.5. The summed E-state index contributed by atoms with van der Waals surface area (Å²) >= 11 is 6.53. The van der Waals surface area contributed by atoms with Gasteiger partial charge in [-0.15, -0.1) is 0 Å². The van der Waals surface area contributed by atoms with Crippen molar-refractivity contribution >= 4 is 70.6 Å². The van der Waals surface area contributed by atoms with Crippen molar-refractivity contribution in [2.24, 2.45) is 0 Å². The molecule has 3 fully saturated rings. The van der Waals surface area contributed by atoms with Crippen molar-refractivity contribution < 1.29 is 32.8 Å². The lowest BCUT2D eigenvalue weighted by Gasteiger charge is -2.43. The maximum Gasteiger partial charge on any atom is 0.255 e. The zero-order chi connectivity index (χ0) is 45.8. The molecule has 1 unspecified atom stereocenters. The number of piperidine rings is 2. The second-order valence-corrected chi connectivity index (χ2v) is 21.1. The first-order chi connectivity index (χ1) is 31.3. The molecule has 0 aliphatic carbocycles. The molecule has 8 rings (SSSR count). The highest BCUT2D eigenvalue weighted by atomic mass is 35.5. The number of methoxy groups -OCH3 is 1. The maximum absolute atomic E-state index is 15.0. The smallest absolute Gasteiger partial charge is 0.255 e. The van der Waals surface area contributed by atoms with Crippen LogP contribution < -0.4 is 35.6 Å². The van der Waals surface area contributed by atoms with Crippen molar-refractivity contribution in [3.63, 3.8) is 0 Å². The molecule has 4 aliphatic rings. The van der Waals surface area contributed by atoms with E-state index in [0.29, 0.717) is 51.7 Å². The van der Waals surface area contributed by atoms with E-state index in [4.69, 9.17) is 21.1 Å². The molecule has 18 heteroatoms. The Bertz CT molecular complexity index is 2470. The number of aromatic nitrogens is 2. The molecule has 0 saturated carbocycles. The van der Waals surface area contributed by atoms with Gasteiger partial charge in [0.05, 0.1) is 31.3 Å².